The average Bonchev–Trinajstić information content (AvgIpc) is 3.43. The van der Waals surface area contributed by atoms with Crippen LogP contribution >= 0.6 is 0 Å². The highest BCUT2D eigenvalue weighted by Crippen LogP contribution is 2.39. The summed E-state index contributed by atoms with van der Waals surface area (Å²) in [5.41, 5.74) is 2.36. The predicted octanol–water partition coefficient (Wildman–Crippen LogP) is 5.93. The minimum absolute atomic E-state index is 0.454. The molecule has 0 amide bonds. The number of ether oxygens (including phenoxy) is 3. The lowest BCUT2D eigenvalue weighted by Gasteiger charge is -2.28. The van der Waals surface area contributed by atoms with Crippen molar-refractivity contribution in [2.24, 2.45) is 0 Å². The second-order valence-corrected chi connectivity index (χ2v) is 9.48. The third-order valence-electron chi connectivity index (χ3n) is 6.76. The molecular weight excluding hydrogens is 478 g/mol. The molecule has 0 spiro atoms. The van der Waals surface area contributed by atoms with Crippen molar-refractivity contribution in [3.05, 3.63) is 119 Å². The first kappa shape index (κ1) is 27.5. The first-order chi connectivity index (χ1) is 18.5. The highest BCUT2D eigenvalue weighted by molar-refractivity contribution is 5.46. The van der Waals surface area contributed by atoms with Gasteiger partial charge in [0, 0.05) is 26.8 Å². The molecule has 0 fully saturated rings. The Hall–Kier alpha value is -3.58. The van der Waals surface area contributed by atoms with Crippen molar-refractivity contribution in [3.8, 4) is 11.5 Å². The topological polar surface area (TPSA) is 64.3 Å². The van der Waals surface area contributed by atoms with E-state index in [2.05, 4.69) is 36.1 Å². The second-order valence-electron chi connectivity index (χ2n) is 9.48. The van der Waals surface area contributed by atoms with E-state index in [1.54, 1.807) is 21.3 Å². The van der Waals surface area contributed by atoms with Gasteiger partial charge >= 0.3 is 0 Å². The van der Waals surface area contributed by atoms with Crippen LogP contribution in [0.15, 0.2) is 89.3 Å². The Balaban J connectivity index is 1.64. The Morgan fingerprint density at radius 2 is 1.32 bits per heavy atom. The standard InChI is InChI=1S/C32H37NO5/c1-24-6-8-25(9-7-24)22-33(20-5-21-35-2)23-30-18-19-31(38-30)32(34,26-10-14-28(36-3)15-11-26)27-12-16-29(37-4)17-13-27/h6-19,34H,5,20-23H2,1-4H3. The zero-order valence-corrected chi connectivity index (χ0v) is 22.6. The largest absolute Gasteiger partial charge is 0.497 e. The van der Waals surface area contributed by atoms with Gasteiger partial charge in [-0.3, -0.25) is 4.90 Å². The summed E-state index contributed by atoms with van der Waals surface area (Å²) >= 11 is 0. The van der Waals surface area contributed by atoms with E-state index in [4.69, 9.17) is 18.6 Å². The van der Waals surface area contributed by atoms with E-state index in [0.717, 1.165) is 25.3 Å². The molecule has 1 N–H and O–H groups in total. The summed E-state index contributed by atoms with van der Waals surface area (Å²) in [6.07, 6.45) is 0.914. The number of nitrogens with zero attached hydrogens (tertiary/aromatic N) is 1. The molecule has 0 aliphatic rings. The van der Waals surface area contributed by atoms with E-state index in [1.165, 1.54) is 11.1 Å². The average molecular weight is 516 g/mol. The van der Waals surface area contributed by atoms with Crippen molar-refractivity contribution in [3.63, 3.8) is 0 Å². The van der Waals surface area contributed by atoms with E-state index in [0.29, 0.717) is 41.5 Å². The third kappa shape index (κ3) is 6.45. The summed E-state index contributed by atoms with van der Waals surface area (Å²) in [5.74, 6) is 2.67. The van der Waals surface area contributed by atoms with Gasteiger partial charge in [-0.05, 0) is 66.4 Å². The van der Waals surface area contributed by atoms with Gasteiger partial charge in [-0.2, -0.15) is 0 Å². The monoisotopic (exact) mass is 515 g/mol. The summed E-state index contributed by atoms with van der Waals surface area (Å²) in [7, 11) is 4.97. The fourth-order valence-electron chi connectivity index (χ4n) is 4.59. The van der Waals surface area contributed by atoms with Gasteiger partial charge < -0.3 is 23.7 Å². The molecule has 0 radical (unpaired) electrons. The number of aliphatic hydroxyl groups is 1. The lowest BCUT2D eigenvalue weighted by Crippen LogP contribution is -2.28. The number of rotatable bonds is 13. The Morgan fingerprint density at radius 1 is 0.737 bits per heavy atom. The molecule has 0 aliphatic heterocycles. The third-order valence-corrected chi connectivity index (χ3v) is 6.76. The normalized spacial score (nSPS) is 11.6. The molecule has 6 nitrogen and oxygen atoms in total. The molecule has 0 bridgehead atoms. The molecule has 3 aromatic carbocycles. The quantitative estimate of drug-likeness (QED) is 0.223. The molecule has 1 aromatic heterocycles. The highest BCUT2D eigenvalue weighted by atomic mass is 16.5. The summed E-state index contributed by atoms with van der Waals surface area (Å²) < 4.78 is 22.3. The second kappa shape index (κ2) is 12.8. The maximum Gasteiger partial charge on any atom is 0.173 e. The smallest absolute Gasteiger partial charge is 0.173 e. The molecule has 6 heteroatoms. The molecule has 0 atom stereocenters. The van der Waals surface area contributed by atoms with E-state index < -0.39 is 5.60 Å². The molecule has 0 saturated heterocycles. The van der Waals surface area contributed by atoms with Crippen molar-refractivity contribution in [1.29, 1.82) is 0 Å². The Labute approximate surface area is 225 Å². The fraction of sp³-hybridized carbons (Fsp3) is 0.312. The zero-order chi connectivity index (χ0) is 27.0. The number of methoxy groups -OCH3 is 3. The number of hydrogen-bond donors (Lipinski definition) is 1. The zero-order valence-electron chi connectivity index (χ0n) is 22.6. The van der Waals surface area contributed by atoms with Crippen LogP contribution in [0, 0.1) is 6.92 Å². The van der Waals surface area contributed by atoms with Gasteiger partial charge in [-0.1, -0.05) is 54.1 Å². The molecule has 200 valence electrons. The van der Waals surface area contributed by atoms with Gasteiger partial charge in [-0.25, -0.2) is 0 Å². The molecule has 0 aliphatic carbocycles. The maximum absolute atomic E-state index is 12.2. The summed E-state index contributed by atoms with van der Waals surface area (Å²) in [5, 5.41) is 12.2. The number of furan rings is 1. The van der Waals surface area contributed by atoms with Crippen LogP contribution in [0.1, 0.15) is 40.2 Å². The summed E-state index contributed by atoms with van der Waals surface area (Å²) in [6, 6.07) is 27.2. The molecule has 0 unspecified atom stereocenters. The van der Waals surface area contributed by atoms with Crippen LogP contribution in [-0.2, 0) is 23.4 Å². The lowest BCUT2D eigenvalue weighted by atomic mass is 9.84. The molecule has 4 rings (SSSR count). The van der Waals surface area contributed by atoms with Crippen molar-refractivity contribution >= 4 is 0 Å². The number of hydrogen-bond acceptors (Lipinski definition) is 6. The SMILES string of the molecule is COCCCN(Cc1ccc(C)cc1)Cc1ccc(C(O)(c2ccc(OC)cc2)c2ccc(OC)cc2)o1. The van der Waals surface area contributed by atoms with Crippen LogP contribution < -0.4 is 9.47 Å². The van der Waals surface area contributed by atoms with Crippen LogP contribution in [0.25, 0.3) is 0 Å². The van der Waals surface area contributed by atoms with Gasteiger partial charge in [0.15, 0.2) is 5.60 Å². The lowest BCUT2D eigenvalue weighted by molar-refractivity contribution is 0.0946. The van der Waals surface area contributed by atoms with Crippen LogP contribution in [0.5, 0.6) is 11.5 Å². The first-order valence-electron chi connectivity index (χ1n) is 12.8. The van der Waals surface area contributed by atoms with Gasteiger partial charge in [0.05, 0.1) is 20.8 Å². The van der Waals surface area contributed by atoms with Crippen LogP contribution in [0.2, 0.25) is 0 Å². The van der Waals surface area contributed by atoms with E-state index in [9.17, 15) is 5.11 Å². The van der Waals surface area contributed by atoms with Gasteiger partial charge in [0.2, 0.25) is 0 Å². The van der Waals surface area contributed by atoms with E-state index in [-0.39, 0.29) is 0 Å². The Morgan fingerprint density at radius 3 is 1.84 bits per heavy atom. The highest BCUT2D eigenvalue weighted by Gasteiger charge is 2.37. The minimum atomic E-state index is -1.49. The van der Waals surface area contributed by atoms with Crippen LogP contribution in [0.3, 0.4) is 0 Å². The molecule has 4 aromatic rings. The molecule has 38 heavy (non-hydrogen) atoms. The molecular formula is C32H37NO5. The molecule has 1 heterocycles. The molecule has 0 saturated carbocycles. The summed E-state index contributed by atoms with van der Waals surface area (Å²) in [6.45, 7) is 5.05. The van der Waals surface area contributed by atoms with E-state index >= 15 is 0 Å². The van der Waals surface area contributed by atoms with Crippen LogP contribution in [0.4, 0.5) is 0 Å². The van der Waals surface area contributed by atoms with E-state index in [1.807, 2.05) is 60.7 Å². The Bertz CT molecular complexity index is 1220. The van der Waals surface area contributed by atoms with Crippen LogP contribution in [-0.4, -0.2) is 44.5 Å². The Kier molecular flexibility index (Phi) is 9.24. The number of aryl methyl sites for hydroxylation is 1. The van der Waals surface area contributed by atoms with Gasteiger partial charge in [0.25, 0.3) is 0 Å². The van der Waals surface area contributed by atoms with Crippen molar-refractivity contribution in [2.75, 3.05) is 34.5 Å². The summed E-state index contributed by atoms with van der Waals surface area (Å²) in [4.78, 5) is 2.34. The van der Waals surface area contributed by atoms with Crippen molar-refractivity contribution in [1.82, 2.24) is 4.90 Å². The van der Waals surface area contributed by atoms with Gasteiger partial charge in [-0.15, -0.1) is 0 Å². The predicted molar refractivity (Wildman–Crippen MR) is 149 cm³/mol. The van der Waals surface area contributed by atoms with Crippen molar-refractivity contribution in [2.45, 2.75) is 32.0 Å². The number of benzene rings is 3. The first-order valence-corrected chi connectivity index (χ1v) is 12.8. The fourth-order valence-corrected chi connectivity index (χ4v) is 4.59. The minimum Gasteiger partial charge on any atom is -0.497 e. The maximum atomic E-state index is 12.2. The van der Waals surface area contributed by atoms with Gasteiger partial charge in [0.1, 0.15) is 23.0 Å². The van der Waals surface area contributed by atoms with Crippen molar-refractivity contribution < 1.29 is 23.7 Å².